The van der Waals surface area contributed by atoms with Crippen molar-refractivity contribution >= 4 is 5.97 Å². The highest BCUT2D eigenvalue weighted by molar-refractivity contribution is 5.76. The Kier molecular flexibility index (Phi) is 8.67. The minimum atomic E-state index is -2.08. The molecule has 0 radical (unpaired) electrons. The SMILES string of the molecule is O=C(O)[C@H]1O[C@@H](O[C@H]2[C@H](Oc3cc4c(O)cc(=O)cc-4oc3-c3ccc(O)c(O)c3)O[C@H](CO)[C@@H](O)[C@@H]2O)[C@H](O)[C@@H](O)[C@@H]1O. The van der Waals surface area contributed by atoms with Crippen molar-refractivity contribution < 1.29 is 79.2 Å². The molecule has 3 heterocycles. The molecule has 1 aliphatic carbocycles. The second-order valence-corrected chi connectivity index (χ2v) is 10.2. The number of phenols is 3. The van der Waals surface area contributed by atoms with E-state index < -0.39 is 96.7 Å². The average molecular weight is 625 g/mol. The van der Waals surface area contributed by atoms with Crippen molar-refractivity contribution in [2.24, 2.45) is 0 Å². The molecule has 0 spiro atoms. The van der Waals surface area contributed by atoms with E-state index in [4.69, 9.17) is 23.4 Å². The number of carbonyl (C=O) groups is 1. The molecule has 1 aromatic rings. The monoisotopic (exact) mass is 624 g/mol. The molecule has 0 amide bonds. The maximum atomic E-state index is 12.0. The predicted octanol–water partition coefficient (Wildman–Crippen LogP) is -2.38. The van der Waals surface area contributed by atoms with Gasteiger partial charge in [0, 0.05) is 17.7 Å². The number of aliphatic carboxylic acids is 1. The number of hydrogen-bond acceptors (Lipinski definition) is 16. The van der Waals surface area contributed by atoms with Crippen LogP contribution in [0.5, 0.6) is 23.0 Å². The molecule has 0 saturated carbocycles. The highest BCUT2D eigenvalue weighted by Crippen LogP contribution is 2.43. The first kappa shape index (κ1) is 31.4. The van der Waals surface area contributed by atoms with Crippen LogP contribution < -0.4 is 10.2 Å². The van der Waals surface area contributed by atoms with Crippen LogP contribution in [0.15, 0.2) is 45.6 Å². The summed E-state index contributed by atoms with van der Waals surface area (Å²) in [6.45, 7) is -0.840. The van der Waals surface area contributed by atoms with Gasteiger partial charge in [0.05, 0.1) is 12.2 Å². The van der Waals surface area contributed by atoms with E-state index in [1.54, 1.807) is 0 Å². The quantitative estimate of drug-likeness (QED) is 0.123. The zero-order chi connectivity index (χ0) is 32.0. The van der Waals surface area contributed by atoms with Crippen LogP contribution in [0.25, 0.3) is 22.6 Å². The highest BCUT2D eigenvalue weighted by atomic mass is 16.8. The third-order valence-corrected chi connectivity index (χ3v) is 7.21. The molecule has 17 nitrogen and oxygen atoms in total. The first-order valence-electron chi connectivity index (χ1n) is 13.0. The molecule has 0 unspecified atom stereocenters. The maximum absolute atomic E-state index is 12.0. The lowest BCUT2D eigenvalue weighted by molar-refractivity contribution is -0.353. The minimum Gasteiger partial charge on any atom is -0.507 e. The Hall–Kier alpha value is -4.04. The molecule has 10 atom stereocenters. The fourth-order valence-corrected chi connectivity index (χ4v) is 4.87. The van der Waals surface area contributed by atoms with Crippen LogP contribution in [0.1, 0.15) is 0 Å². The summed E-state index contributed by atoms with van der Waals surface area (Å²) in [5.41, 5.74) is -0.601. The van der Waals surface area contributed by atoms with Gasteiger partial charge in [0.15, 0.2) is 46.9 Å². The molecule has 3 aliphatic heterocycles. The van der Waals surface area contributed by atoms with Crippen molar-refractivity contribution in [2.75, 3.05) is 6.61 Å². The Morgan fingerprint density at radius 3 is 2.18 bits per heavy atom. The Balaban J connectivity index is 1.58. The summed E-state index contributed by atoms with van der Waals surface area (Å²) in [4.78, 5) is 23.6. The fourth-order valence-electron chi connectivity index (χ4n) is 4.87. The summed E-state index contributed by atoms with van der Waals surface area (Å²) in [5, 5.41) is 101. The number of carboxylic acids is 1. The van der Waals surface area contributed by atoms with E-state index in [9.17, 15) is 60.7 Å². The summed E-state index contributed by atoms with van der Waals surface area (Å²) in [5.74, 6) is -3.95. The van der Waals surface area contributed by atoms with E-state index in [1.165, 1.54) is 12.1 Å². The molecule has 1 aromatic carbocycles. The Morgan fingerprint density at radius 2 is 1.52 bits per heavy atom. The number of ether oxygens (including phenoxy) is 4. The van der Waals surface area contributed by atoms with Gasteiger partial charge in [0.1, 0.15) is 48.1 Å². The molecule has 0 aromatic heterocycles. The molecule has 2 fully saturated rings. The smallest absolute Gasteiger partial charge is 0.335 e. The molecular formula is C27H28O17. The maximum Gasteiger partial charge on any atom is 0.335 e. The summed E-state index contributed by atoms with van der Waals surface area (Å²) >= 11 is 0. The standard InChI is InChI=1S/C27H28O17/c28-7-16-17(33)19(35)24(44-26-21(37)18(34)20(36)23(43-26)25(38)39)27(42-16)41-15-6-10-12(31)4-9(29)5-14(10)40-22(15)8-1-2-11(30)13(32)3-8/h1-6,16-21,23-24,26-28,30-37H,7H2,(H,38,39)/t16-,17-,18+,19+,20+,21-,23+,24-,26+,27-/m1/s1. The number of phenolic OH excluding ortho intramolecular Hbond substituents is 3. The number of hydrogen-bond donors (Lipinski definition) is 10. The summed E-state index contributed by atoms with van der Waals surface area (Å²) in [6, 6.07) is 6.60. The zero-order valence-corrected chi connectivity index (χ0v) is 22.3. The van der Waals surface area contributed by atoms with Gasteiger partial charge in [-0.2, -0.15) is 0 Å². The lowest BCUT2D eigenvalue weighted by Gasteiger charge is -2.45. The second-order valence-electron chi connectivity index (χ2n) is 10.2. The Morgan fingerprint density at radius 1 is 0.795 bits per heavy atom. The lowest BCUT2D eigenvalue weighted by atomic mass is 9.97. The third-order valence-electron chi connectivity index (χ3n) is 7.21. The van der Waals surface area contributed by atoms with E-state index in [0.717, 1.165) is 24.3 Å². The number of aromatic hydroxyl groups is 3. The van der Waals surface area contributed by atoms with Crippen molar-refractivity contribution in [2.45, 2.75) is 61.4 Å². The first-order chi connectivity index (χ1) is 20.8. The minimum absolute atomic E-state index is 0.0497. The Labute approximate surface area is 245 Å². The van der Waals surface area contributed by atoms with E-state index in [-0.39, 0.29) is 28.4 Å². The number of carboxylic acid groups (broad SMARTS) is 1. The molecule has 0 bridgehead atoms. The molecule has 238 valence electrons. The molecule has 4 aliphatic rings. The lowest BCUT2D eigenvalue weighted by Crippen LogP contribution is -2.65. The van der Waals surface area contributed by atoms with Crippen LogP contribution in [0.3, 0.4) is 0 Å². The Bertz CT molecular complexity index is 1540. The van der Waals surface area contributed by atoms with Crippen molar-refractivity contribution in [1.82, 2.24) is 0 Å². The van der Waals surface area contributed by atoms with Gasteiger partial charge in [0.2, 0.25) is 6.29 Å². The van der Waals surface area contributed by atoms with E-state index in [2.05, 4.69) is 0 Å². The van der Waals surface area contributed by atoms with Crippen LogP contribution in [0.4, 0.5) is 0 Å². The van der Waals surface area contributed by atoms with Crippen LogP contribution in [-0.2, 0) is 19.0 Å². The van der Waals surface area contributed by atoms with Gasteiger partial charge < -0.3 is 74.4 Å². The van der Waals surface area contributed by atoms with Gasteiger partial charge in [-0.3, -0.25) is 4.79 Å². The first-order valence-corrected chi connectivity index (χ1v) is 13.0. The second kappa shape index (κ2) is 12.2. The fraction of sp³-hybridized carbons (Fsp3) is 0.407. The number of fused-ring (bicyclic) bond motifs is 1. The van der Waals surface area contributed by atoms with Crippen LogP contribution in [-0.4, -0.2) is 125 Å². The van der Waals surface area contributed by atoms with Gasteiger partial charge in [-0.05, 0) is 24.3 Å². The summed E-state index contributed by atoms with van der Waals surface area (Å²) < 4.78 is 28.1. The third kappa shape index (κ3) is 5.75. The van der Waals surface area contributed by atoms with Crippen LogP contribution in [0, 0.1) is 0 Å². The average Bonchev–Trinajstić information content (AvgIpc) is 2.97. The van der Waals surface area contributed by atoms with Gasteiger partial charge in [-0.1, -0.05) is 0 Å². The van der Waals surface area contributed by atoms with Gasteiger partial charge >= 0.3 is 5.97 Å². The van der Waals surface area contributed by atoms with Crippen LogP contribution >= 0.6 is 0 Å². The molecule has 10 N–H and O–H groups in total. The van der Waals surface area contributed by atoms with Gasteiger partial charge in [-0.25, -0.2) is 4.79 Å². The molecule has 2 saturated heterocycles. The zero-order valence-electron chi connectivity index (χ0n) is 22.3. The summed E-state index contributed by atoms with van der Waals surface area (Å²) in [6.07, 6.45) is -19.3. The van der Waals surface area contributed by atoms with Crippen LogP contribution in [0.2, 0.25) is 0 Å². The van der Waals surface area contributed by atoms with Gasteiger partial charge in [-0.15, -0.1) is 0 Å². The number of rotatable bonds is 7. The van der Waals surface area contributed by atoms with E-state index in [0.29, 0.717) is 0 Å². The van der Waals surface area contributed by atoms with Crippen molar-refractivity contribution in [3.8, 4) is 45.6 Å². The largest absolute Gasteiger partial charge is 0.507 e. The van der Waals surface area contributed by atoms with E-state index in [1.807, 2.05) is 0 Å². The van der Waals surface area contributed by atoms with Crippen molar-refractivity contribution in [1.29, 1.82) is 0 Å². The normalized spacial score (nSPS) is 32.4. The number of benzene rings is 2. The summed E-state index contributed by atoms with van der Waals surface area (Å²) in [7, 11) is 0. The highest BCUT2D eigenvalue weighted by Gasteiger charge is 2.53. The molecule has 5 rings (SSSR count). The molecule has 44 heavy (non-hydrogen) atoms. The predicted molar refractivity (Wildman–Crippen MR) is 140 cm³/mol. The molecule has 17 heteroatoms. The number of aliphatic hydroxyl groups is 6. The van der Waals surface area contributed by atoms with Gasteiger partial charge in [0.25, 0.3) is 0 Å². The molecular weight excluding hydrogens is 596 g/mol. The van der Waals surface area contributed by atoms with E-state index >= 15 is 0 Å². The topological polar surface area (TPSA) is 286 Å². The van der Waals surface area contributed by atoms with Crippen molar-refractivity contribution in [3.05, 3.63) is 46.6 Å². The number of aliphatic hydroxyl groups excluding tert-OH is 6. The van der Waals surface area contributed by atoms with Crippen molar-refractivity contribution in [3.63, 3.8) is 0 Å².